The first-order valence-corrected chi connectivity index (χ1v) is 9.71. The van der Waals surface area contributed by atoms with Crippen LogP contribution < -0.4 is 4.72 Å². The molecule has 0 saturated heterocycles. The number of rotatable bonds is 8. The van der Waals surface area contributed by atoms with Crippen LogP contribution in [-0.4, -0.2) is 37.9 Å². The van der Waals surface area contributed by atoms with Crippen LogP contribution >= 0.6 is 23.2 Å². The van der Waals surface area contributed by atoms with Crippen molar-refractivity contribution in [1.29, 1.82) is 0 Å². The highest BCUT2D eigenvalue weighted by Gasteiger charge is 2.25. The number of likely N-dealkylation sites (N-methyl/N-ethyl adjacent to an activating group) is 1. The molecule has 24 heavy (non-hydrogen) atoms. The van der Waals surface area contributed by atoms with Gasteiger partial charge in [-0.15, -0.1) is 0 Å². The summed E-state index contributed by atoms with van der Waals surface area (Å²) in [5, 5.41) is 0.162. The van der Waals surface area contributed by atoms with Crippen molar-refractivity contribution in [2.24, 2.45) is 0 Å². The lowest BCUT2D eigenvalue weighted by atomic mass is 10.2. The molecular formula is C15H19Cl2N3O3S. The van der Waals surface area contributed by atoms with Gasteiger partial charge in [-0.2, -0.15) is 0 Å². The molecule has 2 aromatic rings. The molecule has 0 radical (unpaired) electrons. The molecule has 1 unspecified atom stereocenters. The number of aromatic nitrogens is 1. The fourth-order valence-corrected chi connectivity index (χ4v) is 4.12. The minimum atomic E-state index is -3.82. The van der Waals surface area contributed by atoms with Crippen LogP contribution in [0, 0.1) is 0 Å². The SMILES string of the molecule is CCN(CC)C(CNS(=O)(=O)c1cnc(Cl)cc1Cl)c1ccco1. The first kappa shape index (κ1) is 19.2. The van der Waals surface area contributed by atoms with Crippen LogP contribution in [0.1, 0.15) is 25.6 Å². The number of sulfonamides is 1. The number of pyridine rings is 1. The maximum absolute atomic E-state index is 12.5. The lowest BCUT2D eigenvalue weighted by molar-refractivity contribution is 0.194. The van der Waals surface area contributed by atoms with Crippen molar-refractivity contribution in [3.63, 3.8) is 0 Å². The Balaban J connectivity index is 2.21. The second-order valence-electron chi connectivity index (χ2n) is 5.04. The van der Waals surface area contributed by atoms with Crippen LogP contribution in [0.2, 0.25) is 10.2 Å². The monoisotopic (exact) mass is 391 g/mol. The third-order valence-electron chi connectivity index (χ3n) is 3.67. The predicted molar refractivity (Wildman–Crippen MR) is 93.8 cm³/mol. The van der Waals surface area contributed by atoms with E-state index in [0.717, 1.165) is 19.3 Å². The maximum Gasteiger partial charge on any atom is 0.243 e. The first-order chi connectivity index (χ1) is 11.4. The minimum absolute atomic E-state index is 0.0277. The number of nitrogens with zero attached hydrogens (tertiary/aromatic N) is 2. The first-order valence-electron chi connectivity index (χ1n) is 7.47. The van der Waals surface area contributed by atoms with Crippen LogP contribution in [0.4, 0.5) is 0 Å². The van der Waals surface area contributed by atoms with Crippen molar-refractivity contribution >= 4 is 33.2 Å². The molecule has 1 atom stereocenters. The molecule has 0 aliphatic carbocycles. The third kappa shape index (κ3) is 4.49. The van der Waals surface area contributed by atoms with Crippen LogP contribution in [0.3, 0.4) is 0 Å². The Hall–Kier alpha value is -1.12. The van der Waals surface area contributed by atoms with E-state index in [-0.39, 0.29) is 27.7 Å². The molecule has 9 heteroatoms. The van der Waals surface area contributed by atoms with Gasteiger partial charge in [0.25, 0.3) is 0 Å². The number of nitrogens with one attached hydrogen (secondary N) is 1. The molecule has 2 heterocycles. The summed E-state index contributed by atoms with van der Waals surface area (Å²) in [6, 6.07) is 4.68. The Kier molecular flexibility index (Phi) is 6.65. The van der Waals surface area contributed by atoms with Crippen molar-refractivity contribution in [3.05, 3.63) is 46.6 Å². The highest BCUT2D eigenvalue weighted by molar-refractivity contribution is 7.89. The van der Waals surface area contributed by atoms with Gasteiger partial charge in [0.05, 0.1) is 23.5 Å². The molecular weight excluding hydrogens is 373 g/mol. The van der Waals surface area contributed by atoms with Gasteiger partial charge >= 0.3 is 0 Å². The standard InChI is InChI=1S/C15H19Cl2N3O3S/c1-3-20(4-2)12(13-6-5-7-23-13)9-19-24(21,22)14-10-18-15(17)8-11(14)16/h5-8,10,12,19H,3-4,9H2,1-2H3. The van der Waals surface area contributed by atoms with Crippen LogP contribution in [-0.2, 0) is 10.0 Å². The van der Waals surface area contributed by atoms with Gasteiger partial charge in [0.2, 0.25) is 10.0 Å². The molecule has 0 fully saturated rings. The van der Waals surface area contributed by atoms with Crippen LogP contribution in [0.5, 0.6) is 0 Å². The molecule has 2 rings (SSSR count). The summed E-state index contributed by atoms with van der Waals surface area (Å²) in [6.45, 7) is 5.68. The van der Waals surface area contributed by atoms with Gasteiger partial charge in [-0.05, 0) is 31.3 Å². The zero-order valence-electron chi connectivity index (χ0n) is 13.4. The molecule has 0 aromatic carbocycles. The largest absolute Gasteiger partial charge is 0.468 e. The van der Waals surface area contributed by atoms with Crippen molar-refractivity contribution in [1.82, 2.24) is 14.6 Å². The Morgan fingerprint density at radius 1 is 1.33 bits per heavy atom. The summed E-state index contributed by atoms with van der Waals surface area (Å²) >= 11 is 11.7. The predicted octanol–water partition coefficient (Wildman–Crippen LogP) is 3.34. The van der Waals surface area contributed by atoms with E-state index in [1.807, 2.05) is 19.9 Å². The molecule has 2 aromatic heterocycles. The quantitative estimate of drug-likeness (QED) is 0.698. The highest BCUT2D eigenvalue weighted by atomic mass is 35.5. The van der Waals surface area contributed by atoms with Crippen molar-refractivity contribution < 1.29 is 12.8 Å². The summed E-state index contributed by atoms with van der Waals surface area (Å²) in [7, 11) is -3.82. The van der Waals surface area contributed by atoms with Gasteiger partial charge in [-0.1, -0.05) is 37.0 Å². The Morgan fingerprint density at radius 2 is 2.04 bits per heavy atom. The van der Waals surface area contributed by atoms with Gasteiger partial charge in [-0.25, -0.2) is 18.1 Å². The number of hydrogen-bond donors (Lipinski definition) is 1. The van der Waals surface area contributed by atoms with E-state index >= 15 is 0 Å². The van der Waals surface area contributed by atoms with E-state index < -0.39 is 10.0 Å². The van der Waals surface area contributed by atoms with Crippen molar-refractivity contribution in [3.8, 4) is 0 Å². The lowest BCUT2D eigenvalue weighted by Gasteiger charge is -2.28. The van der Waals surface area contributed by atoms with Gasteiger partial charge in [0.15, 0.2) is 0 Å². The van der Waals surface area contributed by atoms with E-state index in [2.05, 4.69) is 14.6 Å². The Bertz CT molecular complexity index is 762. The molecule has 0 bridgehead atoms. The zero-order chi connectivity index (χ0) is 17.7. The van der Waals surface area contributed by atoms with E-state index in [9.17, 15) is 8.42 Å². The smallest absolute Gasteiger partial charge is 0.243 e. The Labute approximate surface area is 151 Å². The summed E-state index contributed by atoms with van der Waals surface area (Å²) < 4.78 is 33.1. The minimum Gasteiger partial charge on any atom is -0.468 e. The third-order valence-corrected chi connectivity index (χ3v) is 5.75. The fourth-order valence-electron chi connectivity index (χ4n) is 2.41. The van der Waals surface area contributed by atoms with Gasteiger partial charge < -0.3 is 4.42 Å². The Morgan fingerprint density at radius 3 is 2.58 bits per heavy atom. The summed E-state index contributed by atoms with van der Waals surface area (Å²) in [5.41, 5.74) is 0. The van der Waals surface area contributed by atoms with E-state index in [1.54, 1.807) is 12.3 Å². The number of hydrogen-bond acceptors (Lipinski definition) is 5. The number of furan rings is 1. The molecule has 1 N–H and O–H groups in total. The second-order valence-corrected chi connectivity index (χ2v) is 7.57. The summed E-state index contributed by atoms with van der Waals surface area (Å²) in [6.07, 6.45) is 2.71. The lowest BCUT2D eigenvalue weighted by Crippen LogP contribution is -2.38. The van der Waals surface area contributed by atoms with Gasteiger partial charge in [0, 0.05) is 6.54 Å². The fraction of sp³-hybridized carbons (Fsp3) is 0.400. The summed E-state index contributed by atoms with van der Waals surface area (Å²) in [5.74, 6) is 0.696. The average Bonchev–Trinajstić information content (AvgIpc) is 3.05. The number of halogens is 2. The topological polar surface area (TPSA) is 75.4 Å². The molecule has 6 nitrogen and oxygen atoms in total. The molecule has 0 saturated carbocycles. The zero-order valence-corrected chi connectivity index (χ0v) is 15.7. The molecule has 0 aliphatic heterocycles. The van der Waals surface area contributed by atoms with E-state index in [0.29, 0.717) is 5.76 Å². The van der Waals surface area contributed by atoms with Gasteiger partial charge in [-0.3, -0.25) is 4.90 Å². The highest BCUT2D eigenvalue weighted by Crippen LogP contribution is 2.24. The second kappa shape index (κ2) is 8.31. The molecule has 132 valence electrons. The molecule has 0 amide bonds. The van der Waals surface area contributed by atoms with E-state index in [4.69, 9.17) is 27.6 Å². The van der Waals surface area contributed by atoms with Gasteiger partial charge in [0.1, 0.15) is 15.8 Å². The van der Waals surface area contributed by atoms with Crippen molar-refractivity contribution in [2.45, 2.75) is 24.8 Å². The van der Waals surface area contributed by atoms with Crippen LogP contribution in [0.25, 0.3) is 0 Å². The van der Waals surface area contributed by atoms with Crippen molar-refractivity contribution in [2.75, 3.05) is 19.6 Å². The molecule has 0 spiro atoms. The van der Waals surface area contributed by atoms with Crippen LogP contribution in [0.15, 0.2) is 40.0 Å². The molecule has 0 aliphatic rings. The summed E-state index contributed by atoms with van der Waals surface area (Å²) in [4.78, 5) is 5.78. The normalized spacial score (nSPS) is 13.4. The average molecular weight is 392 g/mol. The van der Waals surface area contributed by atoms with E-state index in [1.165, 1.54) is 6.07 Å². The maximum atomic E-state index is 12.5.